The van der Waals surface area contributed by atoms with Gasteiger partial charge in [-0.25, -0.2) is 4.79 Å². The average Bonchev–Trinajstić information content (AvgIpc) is 2.77. The molecule has 1 unspecified atom stereocenters. The third-order valence-electron chi connectivity index (χ3n) is 4.42. The van der Waals surface area contributed by atoms with E-state index < -0.39 is 11.7 Å². The Balaban J connectivity index is 2.02. The van der Waals surface area contributed by atoms with Crippen LogP contribution in [-0.2, 0) is 4.74 Å². The van der Waals surface area contributed by atoms with Crippen LogP contribution in [-0.4, -0.2) is 17.5 Å². The minimum atomic E-state index is -1.26. The lowest BCUT2D eigenvalue weighted by Crippen LogP contribution is -2.55. The zero-order valence-electron chi connectivity index (χ0n) is 13.1. The summed E-state index contributed by atoms with van der Waals surface area (Å²) in [4.78, 5) is 27.5. The standard InChI is InChI=1S/C19H17NO3/c1-12(2)11-19-17(21)13-7-3-5-9-15(13)20(19)16-10-6-4-8-14(16)18(22)23-19/h3-10,12H,11H2,1-2H3. The maximum absolute atomic E-state index is 13.1. The number of hydrogen-bond donors (Lipinski definition) is 0. The predicted octanol–water partition coefficient (Wildman–Crippen LogP) is 3.93. The van der Waals surface area contributed by atoms with Crippen molar-refractivity contribution in [1.82, 2.24) is 0 Å². The van der Waals surface area contributed by atoms with E-state index in [1.165, 1.54) is 0 Å². The number of hydrogen-bond acceptors (Lipinski definition) is 4. The monoisotopic (exact) mass is 307 g/mol. The first-order chi connectivity index (χ1) is 11.0. The van der Waals surface area contributed by atoms with E-state index >= 15 is 0 Å². The van der Waals surface area contributed by atoms with Crippen LogP contribution in [0.1, 0.15) is 41.0 Å². The van der Waals surface area contributed by atoms with Gasteiger partial charge in [-0.2, -0.15) is 0 Å². The molecule has 0 fully saturated rings. The van der Waals surface area contributed by atoms with Crippen molar-refractivity contribution in [2.45, 2.75) is 26.0 Å². The molecule has 0 aromatic heterocycles. The predicted molar refractivity (Wildman–Crippen MR) is 87.0 cm³/mol. The Kier molecular flexibility index (Phi) is 2.85. The number of benzene rings is 2. The average molecular weight is 307 g/mol. The van der Waals surface area contributed by atoms with Crippen LogP contribution in [0.2, 0.25) is 0 Å². The minimum Gasteiger partial charge on any atom is -0.427 e. The van der Waals surface area contributed by atoms with Crippen LogP contribution in [0.25, 0.3) is 0 Å². The highest BCUT2D eigenvalue weighted by Gasteiger charge is 2.58. The van der Waals surface area contributed by atoms with Gasteiger partial charge in [0.15, 0.2) is 0 Å². The molecule has 4 heteroatoms. The van der Waals surface area contributed by atoms with Gasteiger partial charge in [-0.15, -0.1) is 0 Å². The van der Waals surface area contributed by atoms with Crippen LogP contribution < -0.4 is 4.90 Å². The maximum Gasteiger partial charge on any atom is 0.342 e. The SMILES string of the molecule is CC(C)CC12OC(=O)c3ccccc3N1c1ccccc1C2=O. The second-order valence-electron chi connectivity index (χ2n) is 6.47. The zero-order valence-corrected chi connectivity index (χ0v) is 13.1. The van der Waals surface area contributed by atoms with Gasteiger partial charge in [0.1, 0.15) is 0 Å². The summed E-state index contributed by atoms with van der Waals surface area (Å²) < 4.78 is 5.77. The smallest absolute Gasteiger partial charge is 0.342 e. The van der Waals surface area contributed by atoms with Crippen LogP contribution in [0.4, 0.5) is 11.4 Å². The molecule has 116 valence electrons. The second-order valence-corrected chi connectivity index (χ2v) is 6.47. The molecule has 4 nitrogen and oxygen atoms in total. The van der Waals surface area contributed by atoms with Crippen molar-refractivity contribution in [2.24, 2.45) is 5.92 Å². The summed E-state index contributed by atoms with van der Waals surface area (Å²) in [6.45, 7) is 4.05. The summed E-state index contributed by atoms with van der Waals surface area (Å²) in [5, 5.41) is 0. The van der Waals surface area contributed by atoms with E-state index in [9.17, 15) is 9.59 Å². The Morgan fingerprint density at radius 2 is 1.52 bits per heavy atom. The molecule has 2 aromatic carbocycles. The summed E-state index contributed by atoms with van der Waals surface area (Å²) in [6, 6.07) is 14.7. The number of fused-ring (bicyclic) bond motifs is 5. The van der Waals surface area contributed by atoms with Crippen molar-refractivity contribution in [3.8, 4) is 0 Å². The second kappa shape index (κ2) is 4.69. The van der Waals surface area contributed by atoms with E-state index in [0.29, 0.717) is 17.5 Å². The van der Waals surface area contributed by atoms with Crippen LogP contribution >= 0.6 is 0 Å². The Morgan fingerprint density at radius 1 is 0.957 bits per heavy atom. The van der Waals surface area contributed by atoms with Crippen LogP contribution in [0, 0.1) is 5.92 Å². The van der Waals surface area contributed by atoms with Gasteiger partial charge < -0.3 is 4.74 Å². The maximum atomic E-state index is 13.1. The molecule has 0 aliphatic carbocycles. The van der Waals surface area contributed by atoms with E-state index in [2.05, 4.69) is 0 Å². The number of esters is 1. The quantitative estimate of drug-likeness (QED) is 0.789. The number of nitrogens with zero attached hydrogens (tertiary/aromatic N) is 1. The lowest BCUT2D eigenvalue weighted by molar-refractivity contribution is -0.0157. The van der Waals surface area contributed by atoms with Gasteiger partial charge in [0.25, 0.3) is 5.72 Å². The van der Waals surface area contributed by atoms with E-state index in [1.54, 1.807) is 18.2 Å². The van der Waals surface area contributed by atoms with Gasteiger partial charge >= 0.3 is 5.97 Å². The molecule has 23 heavy (non-hydrogen) atoms. The highest BCUT2D eigenvalue weighted by molar-refractivity contribution is 6.18. The molecule has 4 rings (SSSR count). The highest BCUT2D eigenvalue weighted by Crippen LogP contribution is 2.51. The fourth-order valence-electron chi connectivity index (χ4n) is 3.61. The van der Waals surface area contributed by atoms with Crippen molar-refractivity contribution >= 4 is 23.1 Å². The first-order valence-corrected chi connectivity index (χ1v) is 7.81. The third kappa shape index (κ3) is 1.78. The van der Waals surface area contributed by atoms with E-state index in [4.69, 9.17) is 4.74 Å². The van der Waals surface area contributed by atoms with Gasteiger partial charge in [0.2, 0.25) is 5.78 Å². The molecule has 2 aliphatic heterocycles. The molecule has 2 heterocycles. The van der Waals surface area contributed by atoms with E-state index in [1.807, 2.05) is 49.1 Å². The van der Waals surface area contributed by atoms with Gasteiger partial charge in [-0.05, 0) is 30.2 Å². The molecule has 0 bridgehead atoms. The topological polar surface area (TPSA) is 46.6 Å². The molecule has 0 saturated heterocycles. The molecular formula is C19H17NO3. The fraction of sp³-hybridized carbons (Fsp3) is 0.263. The third-order valence-corrected chi connectivity index (χ3v) is 4.42. The first kappa shape index (κ1) is 14.0. The number of ether oxygens (including phenoxy) is 1. The number of para-hydroxylation sites is 2. The summed E-state index contributed by atoms with van der Waals surface area (Å²) >= 11 is 0. The van der Waals surface area contributed by atoms with Crippen molar-refractivity contribution in [3.63, 3.8) is 0 Å². The highest BCUT2D eigenvalue weighted by atomic mass is 16.6. The van der Waals surface area contributed by atoms with E-state index in [0.717, 1.165) is 11.4 Å². The number of Topliss-reactive ketones (excluding diaryl/α,β-unsaturated/α-hetero) is 1. The van der Waals surface area contributed by atoms with Crippen molar-refractivity contribution < 1.29 is 14.3 Å². The van der Waals surface area contributed by atoms with Crippen LogP contribution in [0.15, 0.2) is 48.5 Å². The molecule has 0 radical (unpaired) electrons. The van der Waals surface area contributed by atoms with Gasteiger partial charge in [-0.3, -0.25) is 9.69 Å². The minimum absolute atomic E-state index is 0.135. The number of anilines is 2. The molecule has 2 aromatic rings. The van der Waals surface area contributed by atoms with Crippen molar-refractivity contribution in [2.75, 3.05) is 4.90 Å². The number of carbonyl (C=O) groups is 2. The normalized spacial score (nSPS) is 21.8. The molecular weight excluding hydrogens is 290 g/mol. The number of carbonyl (C=O) groups excluding carboxylic acids is 2. The van der Waals surface area contributed by atoms with Gasteiger partial charge in [0, 0.05) is 12.0 Å². The Bertz CT molecular complexity index is 827. The molecule has 1 atom stereocenters. The van der Waals surface area contributed by atoms with Crippen LogP contribution in [0.3, 0.4) is 0 Å². The Hall–Kier alpha value is -2.62. The zero-order chi connectivity index (χ0) is 16.2. The molecule has 2 aliphatic rings. The van der Waals surface area contributed by atoms with Gasteiger partial charge in [-0.1, -0.05) is 38.1 Å². The van der Waals surface area contributed by atoms with E-state index in [-0.39, 0.29) is 11.7 Å². The summed E-state index contributed by atoms with van der Waals surface area (Å²) in [6.07, 6.45) is 0.459. The number of ketones is 1. The van der Waals surface area contributed by atoms with Gasteiger partial charge in [0.05, 0.1) is 16.9 Å². The molecule has 0 amide bonds. The summed E-state index contributed by atoms with van der Waals surface area (Å²) in [5.41, 5.74) is 1.39. The summed E-state index contributed by atoms with van der Waals surface area (Å²) in [7, 11) is 0. The van der Waals surface area contributed by atoms with Crippen LogP contribution in [0.5, 0.6) is 0 Å². The Labute approximate surface area is 134 Å². The molecule has 0 N–H and O–H groups in total. The number of rotatable bonds is 2. The largest absolute Gasteiger partial charge is 0.427 e. The summed E-state index contributed by atoms with van der Waals surface area (Å²) in [5.74, 6) is -0.364. The first-order valence-electron chi connectivity index (χ1n) is 7.81. The molecule has 0 saturated carbocycles. The molecule has 0 spiro atoms. The Morgan fingerprint density at radius 3 is 2.17 bits per heavy atom. The fourth-order valence-corrected chi connectivity index (χ4v) is 3.61. The lowest BCUT2D eigenvalue weighted by Gasteiger charge is -2.42. The van der Waals surface area contributed by atoms with Crippen molar-refractivity contribution in [1.29, 1.82) is 0 Å². The van der Waals surface area contributed by atoms with Crippen molar-refractivity contribution in [3.05, 3.63) is 59.7 Å². The lowest BCUT2D eigenvalue weighted by atomic mass is 9.92.